The minimum Gasteiger partial charge on any atom is -0.325 e. The summed E-state index contributed by atoms with van der Waals surface area (Å²) >= 11 is 1.27. The van der Waals surface area contributed by atoms with Gasteiger partial charge in [0.1, 0.15) is 11.4 Å². The van der Waals surface area contributed by atoms with E-state index in [0.29, 0.717) is 5.16 Å². The molecule has 0 spiro atoms. The summed E-state index contributed by atoms with van der Waals surface area (Å²) in [5.74, 6) is 0.0942. The van der Waals surface area contributed by atoms with E-state index in [4.69, 9.17) is 4.98 Å². The van der Waals surface area contributed by atoms with Crippen LogP contribution in [0.1, 0.15) is 5.56 Å². The van der Waals surface area contributed by atoms with Crippen molar-refractivity contribution in [2.45, 2.75) is 12.1 Å². The Kier molecular flexibility index (Phi) is 6.15. The Labute approximate surface area is 179 Å². The monoisotopic (exact) mass is 412 g/mol. The highest BCUT2D eigenvalue weighted by atomic mass is 32.2. The second-order valence-corrected chi connectivity index (χ2v) is 7.67. The van der Waals surface area contributed by atoms with Crippen LogP contribution in [-0.4, -0.2) is 26.8 Å². The molecule has 3 aromatic carbocycles. The normalized spacial score (nSPS) is 10.6. The van der Waals surface area contributed by atoms with Crippen molar-refractivity contribution in [1.29, 1.82) is 0 Å². The van der Waals surface area contributed by atoms with Gasteiger partial charge in [-0.3, -0.25) is 4.79 Å². The van der Waals surface area contributed by atoms with E-state index in [1.54, 1.807) is 0 Å². The largest absolute Gasteiger partial charge is 0.325 e. The first kappa shape index (κ1) is 19.8. The average molecular weight is 413 g/mol. The van der Waals surface area contributed by atoms with Gasteiger partial charge in [-0.2, -0.15) is 0 Å². The Morgan fingerprint density at radius 2 is 1.50 bits per heavy atom. The van der Waals surface area contributed by atoms with E-state index >= 15 is 0 Å². The molecule has 5 nitrogen and oxygen atoms in total. The van der Waals surface area contributed by atoms with Crippen LogP contribution < -0.4 is 5.32 Å². The molecule has 0 radical (unpaired) electrons. The molecule has 1 N–H and O–H groups in total. The number of amides is 1. The second kappa shape index (κ2) is 9.33. The zero-order valence-electron chi connectivity index (χ0n) is 16.4. The zero-order valence-corrected chi connectivity index (χ0v) is 17.3. The van der Waals surface area contributed by atoms with Crippen molar-refractivity contribution in [3.05, 3.63) is 90.5 Å². The van der Waals surface area contributed by atoms with Gasteiger partial charge in [-0.05, 0) is 24.6 Å². The van der Waals surface area contributed by atoms with Crippen LogP contribution in [0.25, 0.3) is 22.5 Å². The lowest BCUT2D eigenvalue weighted by Crippen LogP contribution is -2.14. The Balaban J connectivity index is 1.55. The molecule has 0 unspecified atom stereocenters. The molecule has 0 bridgehead atoms. The standard InChI is InChI=1S/C24H20N4OS/c1-17-9-8-14-20(15-17)25-21(29)16-30-24-26-22(18-10-4-2-5-11-18)23(27-28-24)19-12-6-3-7-13-19/h2-15H,16H2,1H3,(H,25,29). The molecular formula is C24H20N4OS. The molecule has 0 atom stereocenters. The SMILES string of the molecule is Cc1cccc(NC(=O)CSc2nnc(-c3ccccc3)c(-c3ccccc3)n2)c1. The van der Waals surface area contributed by atoms with E-state index in [1.807, 2.05) is 91.9 Å². The molecule has 0 fully saturated rings. The predicted octanol–water partition coefficient (Wildman–Crippen LogP) is 5.24. The van der Waals surface area contributed by atoms with Crippen LogP contribution >= 0.6 is 11.8 Å². The molecular weight excluding hydrogens is 392 g/mol. The van der Waals surface area contributed by atoms with Crippen molar-refractivity contribution < 1.29 is 4.79 Å². The number of aromatic nitrogens is 3. The third kappa shape index (κ3) is 4.90. The summed E-state index contributed by atoms with van der Waals surface area (Å²) < 4.78 is 0. The number of anilines is 1. The van der Waals surface area contributed by atoms with Crippen LogP contribution in [0.15, 0.2) is 90.1 Å². The Hall–Kier alpha value is -3.51. The number of carbonyl (C=O) groups excluding carboxylic acids is 1. The lowest BCUT2D eigenvalue weighted by Gasteiger charge is -2.09. The number of thioether (sulfide) groups is 1. The van der Waals surface area contributed by atoms with E-state index in [2.05, 4.69) is 15.5 Å². The van der Waals surface area contributed by atoms with Crippen molar-refractivity contribution in [2.24, 2.45) is 0 Å². The minimum atomic E-state index is -0.109. The Morgan fingerprint density at radius 1 is 0.833 bits per heavy atom. The smallest absolute Gasteiger partial charge is 0.234 e. The van der Waals surface area contributed by atoms with Gasteiger partial charge in [0.2, 0.25) is 11.1 Å². The van der Waals surface area contributed by atoms with Gasteiger partial charge in [0.05, 0.1) is 5.75 Å². The van der Waals surface area contributed by atoms with Crippen molar-refractivity contribution >= 4 is 23.4 Å². The lowest BCUT2D eigenvalue weighted by molar-refractivity contribution is -0.113. The zero-order chi connectivity index (χ0) is 20.8. The summed E-state index contributed by atoms with van der Waals surface area (Å²) in [5, 5.41) is 12.1. The molecule has 4 rings (SSSR count). The van der Waals surface area contributed by atoms with Gasteiger partial charge in [0, 0.05) is 16.8 Å². The fraction of sp³-hybridized carbons (Fsp3) is 0.0833. The first-order valence-electron chi connectivity index (χ1n) is 9.54. The van der Waals surface area contributed by atoms with Gasteiger partial charge in [-0.25, -0.2) is 4.98 Å². The topological polar surface area (TPSA) is 67.8 Å². The maximum atomic E-state index is 12.3. The molecule has 0 saturated heterocycles. The van der Waals surface area contributed by atoms with Crippen LogP contribution in [-0.2, 0) is 4.79 Å². The molecule has 0 aliphatic heterocycles. The third-order valence-corrected chi connectivity index (χ3v) is 5.23. The summed E-state index contributed by atoms with van der Waals surface area (Å²) in [7, 11) is 0. The van der Waals surface area contributed by atoms with Gasteiger partial charge < -0.3 is 5.32 Å². The van der Waals surface area contributed by atoms with Crippen molar-refractivity contribution in [3.63, 3.8) is 0 Å². The van der Waals surface area contributed by atoms with Crippen LogP contribution in [0.5, 0.6) is 0 Å². The summed E-state index contributed by atoms with van der Waals surface area (Å²) in [5.41, 5.74) is 5.25. The van der Waals surface area contributed by atoms with Gasteiger partial charge >= 0.3 is 0 Å². The number of nitrogens with zero attached hydrogens (tertiary/aromatic N) is 3. The molecule has 6 heteroatoms. The highest BCUT2D eigenvalue weighted by Gasteiger charge is 2.14. The highest BCUT2D eigenvalue weighted by molar-refractivity contribution is 7.99. The van der Waals surface area contributed by atoms with E-state index in [-0.39, 0.29) is 11.7 Å². The summed E-state index contributed by atoms with van der Waals surface area (Å²) in [4.78, 5) is 17.1. The van der Waals surface area contributed by atoms with Gasteiger partial charge in [-0.1, -0.05) is 84.6 Å². The van der Waals surface area contributed by atoms with E-state index in [9.17, 15) is 4.79 Å². The summed E-state index contributed by atoms with van der Waals surface area (Å²) in [6.07, 6.45) is 0. The lowest BCUT2D eigenvalue weighted by atomic mass is 10.0. The van der Waals surface area contributed by atoms with E-state index < -0.39 is 0 Å². The number of aryl methyl sites for hydroxylation is 1. The first-order chi connectivity index (χ1) is 14.7. The highest BCUT2D eigenvalue weighted by Crippen LogP contribution is 2.29. The average Bonchev–Trinajstić information content (AvgIpc) is 2.79. The summed E-state index contributed by atoms with van der Waals surface area (Å²) in [6.45, 7) is 1.99. The predicted molar refractivity (Wildman–Crippen MR) is 121 cm³/mol. The number of benzene rings is 3. The number of rotatable bonds is 6. The fourth-order valence-electron chi connectivity index (χ4n) is 3.01. The third-order valence-electron chi connectivity index (χ3n) is 4.40. The second-order valence-electron chi connectivity index (χ2n) is 6.73. The van der Waals surface area contributed by atoms with Crippen LogP contribution in [0, 0.1) is 6.92 Å². The van der Waals surface area contributed by atoms with Crippen LogP contribution in [0.4, 0.5) is 5.69 Å². The first-order valence-corrected chi connectivity index (χ1v) is 10.5. The summed E-state index contributed by atoms with van der Waals surface area (Å²) in [6, 6.07) is 27.5. The maximum absolute atomic E-state index is 12.3. The van der Waals surface area contributed by atoms with Crippen molar-refractivity contribution in [2.75, 3.05) is 11.1 Å². The van der Waals surface area contributed by atoms with Crippen molar-refractivity contribution in [3.8, 4) is 22.5 Å². The van der Waals surface area contributed by atoms with Gasteiger partial charge in [0.15, 0.2) is 0 Å². The quantitative estimate of drug-likeness (QED) is 0.438. The molecule has 4 aromatic rings. The van der Waals surface area contributed by atoms with Gasteiger partial charge in [-0.15, -0.1) is 10.2 Å². The molecule has 0 saturated carbocycles. The number of hydrogen-bond acceptors (Lipinski definition) is 5. The number of nitrogens with one attached hydrogen (secondary N) is 1. The molecule has 148 valence electrons. The Morgan fingerprint density at radius 3 is 2.17 bits per heavy atom. The minimum absolute atomic E-state index is 0.109. The fourth-order valence-corrected chi connectivity index (χ4v) is 3.60. The van der Waals surface area contributed by atoms with Crippen LogP contribution in [0.2, 0.25) is 0 Å². The maximum Gasteiger partial charge on any atom is 0.234 e. The van der Waals surface area contributed by atoms with E-state index in [1.165, 1.54) is 11.8 Å². The molecule has 1 amide bonds. The molecule has 0 aliphatic carbocycles. The van der Waals surface area contributed by atoms with Crippen molar-refractivity contribution in [1.82, 2.24) is 15.2 Å². The number of carbonyl (C=O) groups is 1. The van der Waals surface area contributed by atoms with Gasteiger partial charge in [0.25, 0.3) is 0 Å². The molecule has 1 aromatic heterocycles. The molecule has 30 heavy (non-hydrogen) atoms. The van der Waals surface area contributed by atoms with Crippen LogP contribution in [0.3, 0.4) is 0 Å². The van der Waals surface area contributed by atoms with E-state index in [0.717, 1.165) is 33.8 Å². The molecule has 0 aliphatic rings. The molecule has 1 heterocycles. The number of hydrogen-bond donors (Lipinski definition) is 1. The Bertz CT molecular complexity index is 1150.